The zero-order chi connectivity index (χ0) is 17.8. The molecular formula is C18H22N4O3. The Bertz CT molecular complexity index is 736. The van der Waals surface area contributed by atoms with Gasteiger partial charge in [-0.25, -0.2) is 9.48 Å². The van der Waals surface area contributed by atoms with Crippen LogP contribution in [-0.2, 0) is 11.3 Å². The Morgan fingerprint density at radius 2 is 1.80 bits per heavy atom. The van der Waals surface area contributed by atoms with Gasteiger partial charge in [0.05, 0.1) is 0 Å². The van der Waals surface area contributed by atoms with Crippen LogP contribution in [0.5, 0.6) is 0 Å². The van der Waals surface area contributed by atoms with E-state index in [-0.39, 0.29) is 5.91 Å². The van der Waals surface area contributed by atoms with Gasteiger partial charge in [0, 0.05) is 38.9 Å². The van der Waals surface area contributed by atoms with Crippen molar-refractivity contribution in [1.82, 2.24) is 19.6 Å². The quantitative estimate of drug-likeness (QED) is 0.891. The molecule has 7 nitrogen and oxygen atoms in total. The van der Waals surface area contributed by atoms with E-state index in [0.717, 1.165) is 19.6 Å². The average molecular weight is 342 g/mol. The second-order valence-corrected chi connectivity index (χ2v) is 6.23. The predicted octanol–water partition coefficient (Wildman–Crippen LogP) is 1.49. The fourth-order valence-electron chi connectivity index (χ4n) is 3.01. The van der Waals surface area contributed by atoms with Crippen molar-refractivity contribution < 1.29 is 14.7 Å². The van der Waals surface area contributed by atoms with Gasteiger partial charge in [0.15, 0.2) is 0 Å². The van der Waals surface area contributed by atoms with E-state index in [1.807, 2.05) is 18.2 Å². The van der Waals surface area contributed by atoms with Crippen molar-refractivity contribution in [3.05, 3.63) is 53.9 Å². The summed E-state index contributed by atoms with van der Waals surface area (Å²) in [5.41, 5.74) is 1.59. The minimum Gasteiger partial charge on any atom is -0.480 e. The third-order valence-corrected chi connectivity index (χ3v) is 4.52. The van der Waals surface area contributed by atoms with Gasteiger partial charge in [-0.15, -0.1) is 0 Å². The summed E-state index contributed by atoms with van der Waals surface area (Å²) in [7, 11) is 0. The lowest BCUT2D eigenvalue weighted by molar-refractivity contribution is -0.140. The van der Waals surface area contributed by atoms with Crippen molar-refractivity contribution >= 4 is 11.9 Å². The topological polar surface area (TPSA) is 78.7 Å². The van der Waals surface area contributed by atoms with E-state index in [4.69, 9.17) is 5.11 Å². The molecule has 1 aliphatic heterocycles. The number of amides is 1. The number of carboxylic acids is 1. The van der Waals surface area contributed by atoms with Crippen molar-refractivity contribution in [3.8, 4) is 0 Å². The van der Waals surface area contributed by atoms with Crippen molar-refractivity contribution in [3.63, 3.8) is 0 Å². The van der Waals surface area contributed by atoms with Gasteiger partial charge in [0.1, 0.15) is 11.7 Å². The first-order valence-corrected chi connectivity index (χ1v) is 8.38. The number of hydrogen-bond acceptors (Lipinski definition) is 4. The number of nitrogens with zero attached hydrogens (tertiary/aromatic N) is 4. The number of aromatic nitrogens is 2. The van der Waals surface area contributed by atoms with Gasteiger partial charge in [-0.05, 0) is 18.6 Å². The first-order chi connectivity index (χ1) is 12.1. The number of benzene rings is 1. The Morgan fingerprint density at radius 1 is 1.12 bits per heavy atom. The fourth-order valence-corrected chi connectivity index (χ4v) is 3.01. The SMILES string of the molecule is CC(C(=O)O)n1nccc1C(=O)N1CCN(Cc2ccccc2)CC1. The van der Waals surface area contributed by atoms with E-state index in [1.54, 1.807) is 11.0 Å². The Balaban J connectivity index is 1.61. The maximum atomic E-state index is 12.7. The number of rotatable bonds is 5. The highest BCUT2D eigenvalue weighted by molar-refractivity contribution is 5.93. The summed E-state index contributed by atoms with van der Waals surface area (Å²) in [6, 6.07) is 11.0. The van der Waals surface area contributed by atoms with E-state index in [2.05, 4.69) is 22.1 Å². The molecule has 1 amide bonds. The monoisotopic (exact) mass is 342 g/mol. The largest absolute Gasteiger partial charge is 0.480 e. The highest BCUT2D eigenvalue weighted by atomic mass is 16.4. The summed E-state index contributed by atoms with van der Waals surface area (Å²) in [6.07, 6.45) is 1.47. The minimum atomic E-state index is -1.01. The second kappa shape index (κ2) is 7.48. The van der Waals surface area contributed by atoms with Gasteiger partial charge in [0.25, 0.3) is 5.91 Å². The van der Waals surface area contributed by atoms with Crippen LogP contribution in [0.2, 0.25) is 0 Å². The molecular weight excluding hydrogens is 320 g/mol. The molecule has 25 heavy (non-hydrogen) atoms. The molecule has 1 aromatic carbocycles. The zero-order valence-corrected chi connectivity index (χ0v) is 14.2. The molecule has 1 fully saturated rings. The number of piperazine rings is 1. The van der Waals surface area contributed by atoms with E-state index in [0.29, 0.717) is 18.8 Å². The van der Waals surface area contributed by atoms with Crippen LogP contribution in [-0.4, -0.2) is 62.7 Å². The summed E-state index contributed by atoms with van der Waals surface area (Å²) in [5.74, 6) is -1.17. The lowest BCUT2D eigenvalue weighted by Gasteiger charge is -2.34. The number of hydrogen-bond donors (Lipinski definition) is 1. The molecule has 1 aromatic heterocycles. The second-order valence-electron chi connectivity index (χ2n) is 6.23. The van der Waals surface area contributed by atoms with Crippen molar-refractivity contribution in [1.29, 1.82) is 0 Å². The van der Waals surface area contributed by atoms with Crippen LogP contribution in [0.25, 0.3) is 0 Å². The highest BCUT2D eigenvalue weighted by Gasteiger charge is 2.27. The molecule has 132 valence electrons. The lowest BCUT2D eigenvalue weighted by atomic mass is 10.2. The predicted molar refractivity (Wildman–Crippen MR) is 92.2 cm³/mol. The molecule has 1 saturated heterocycles. The van der Waals surface area contributed by atoms with Crippen LogP contribution in [0, 0.1) is 0 Å². The van der Waals surface area contributed by atoms with E-state index in [1.165, 1.54) is 23.4 Å². The maximum Gasteiger partial charge on any atom is 0.328 e. The summed E-state index contributed by atoms with van der Waals surface area (Å²) in [6.45, 7) is 5.23. The van der Waals surface area contributed by atoms with Crippen LogP contribution in [0.3, 0.4) is 0 Å². The number of carbonyl (C=O) groups excluding carboxylic acids is 1. The third kappa shape index (κ3) is 3.88. The number of aliphatic carboxylic acids is 1. The molecule has 2 heterocycles. The molecule has 0 bridgehead atoms. The normalized spacial score (nSPS) is 16.6. The van der Waals surface area contributed by atoms with Crippen molar-refractivity contribution in [2.45, 2.75) is 19.5 Å². The molecule has 7 heteroatoms. The number of carboxylic acid groups (broad SMARTS) is 1. The van der Waals surface area contributed by atoms with Crippen molar-refractivity contribution in [2.24, 2.45) is 0 Å². The van der Waals surface area contributed by atoms with Gasteiger partial charge in [0.2, 0.25) is 0 Å². The molecule has 1 unspecified atom stereocenters. The highest BCUT2D eigenvalue weighted by Crippen LogP contribution is 2.14. The standard InChI is InChI=1S/C18H22N4O3/c1-14(18(24)25)22-16(7-8-19-22)17(23)21-11-9-20(10-12-21)13-15-5-3-2-4-6-15/h2-8,14H,9-13H2,1H3,(H,24,25). The van der Waals surface area contributed by atoms with Crippen LogP contribution >= 0.6 is 0 Å². The van der Waals surface area contributed by atoms with Crippen molar-refractivity contribution in [2.75, 3.05) is 26.2 Å². The lowest BCUT2D eigenvalue weighted by Crippen LogP contribution is -2.48. The Kier molecular flexibility index (Phi) is 5.14. The smallest absolute Gasteiger partial charge is 0.328 e. The van der Waals surface area contributed by atoms with Gasteiger partial charge in [-0.1, -0.05) is 30.3 Å². The molecule has 0 saturated carbocycles. The van der Waals surface area contributed by atoms with Gasteiger partial charge in [-0.3, -0.25) is 9.69 Å². The molecule has 0 aliphatic carbocycles. The summed E-state index contributed by atoms with van der Waals surface area (Å²) in [4.78, 5) is 28.0. The van der Waals surface area contributed by atoms with Gasteiger partial charge >= 0.3 is 5.97 Å². The molecule has 2 aromatic rings. The molecule has 1 N–H and O–H groups in total. The van der Waals surface area contributed by atoms with E-state index < -0.39 is 12.0 Å². The molecule has 0 spiro atoms. The van der Waals surface area contributed by atoms with Crippen LogP contribution in [0.4, 0.5) is 0 Å². The average Bonchev–Trinajstić information content (AvgIpc) is 3.11. The van der Waals surface area contributed by atoms with Gasteiger partial charge in [-0.2, -0.15) is 5.10 Å². The van der Waals surface area contributed by atoms with E-state index >= 15 is 0 Å². The van der Waals surface area contributed by atoms with Crippen LogP contribution in [0.15, 0.2) is 42.6 Å². The Hall–Kier alpha value is -2.67. The number of carbonyl (C=O) groups is 2. The summed E-state index contributed by atoms with van der Waals surface area (Å²) >= 11 is 0. The molecule has 1 atom stereocenters. The third-order valence-electron chi connectivity index (χ3n) is 4.52. The van der Waals surface area contributed by atoms with Crippen LogP contribution < -0.4 is 0 Å². The van der Waals surface area contributed by atoms with E-state index in [9.17, 15) is 9.59 Å². The summed E-state index contributed by atoms with van der Waals surface area (Å²) < 4.78 is 1.28. The molecule has 1 aliphatic rings. The Morgan fingerprint density at radius 3 is 2.44 bits per heavy atom. The first-order valence-electron chi connectivity index (χ1n) is 8.38. The summed E-state index contributed by atoms with van der Waals surface area (Å²) in [5, 5.41) is 13.2. The minimum absolute atomic E-state index is 0.162. The maximum absolute atomic E-state index is 12.7. The molecule has 0 radical (unpaired) electrons. The zero-order valence-electron chi connectivity index (χ0n) is 14.2. The van der Waals surface area contributed by atoms with Crippen LogP contribution in [0.1, 0.15) is 29.0 Å². The van der Waals surface area contributed by atoms with Gasteiger partial charge < -0.3 is 10.0 Å². The molecule has 3 rings (SSSR count). The first kappa shape index (κ1) is 17.2. The fraction of sp³-hybridized carbons (Fsp3) is 0.389. The Labute approximate surface area is 146 Å².